The molecule has 1 heterocycles. The molecular formula is C9H10Cl2FNO2S. The zero-order valence-electron chi connectivity index (χ0n) is 8.45. The van der Waals surface area contributed by atoms with Crippen molar-refractivity contribution < 1.29 is 12.8 Å². The van der Waals surface area contributed by atoms with E-state index in [0.29, 0.717) is 0 Å². The van der Waals surface area contributed by atoms with E-state index in [-0.39, 0.29) is 17.3 Å². The topological polar surface area (TPSA) is 47.0 Å². The zero-order valence-corrected chi connectivity index (χ0v) is 10.8. The molecule has 0 amide bonds. The molecule has 7 heteroatoms. The summed E-state index contributed by atoms with van der Waals surface area (Å²) in [5, 5.41) is -1.29. The van der Waals surface area contributed by atoms with Crippen molar-refractivity contribution in [2.24, 2.45) is 0 Å². The minimum absolute atomic E-state index is 0.0569. The monoisotopic (exact) mass is 285 g/mol. The fourth-order valence-corrected chi connectivity index (χ4v) is 3.05. The molecule has 0 radical (unpaired) electrons. The second-order valence-corrected chi connectivity index (χ2v) is 6.37. The zero-order chi connectivity index (χ0) is 12.3. The smallest absolute Gasteiger partial charge is 0.201 e. The third kappa shape index (κ3) is 2.84. The van der Waals surface area contributed by atoms with Gasteiger partial charge in [-0.2, -0.15) is 0 Å². The minimum Gasteiger partial charge on any atom is -0.240 e. The predicted molar refractivity (Wildman–Crippen MR) is 61.2 cm³/mol. The van der Waals surface area contributed by atoms with E-state index in [1.165, 1.54) is 6.92 Å². The summed E-state index contributed by atoms with van der Waals surface area (Å²) in [6.07, 6.45) is 1.35. The number of nitrogens with zero attached hydrogens (tertiary/aromatic N) is 1. The van der Waals surface area contributed by atoms with E-state index < -0.39 is 25.9 Å². The Morgan fingerprint density at radius 3 is 2.69 bits per heavy atom. The number of aromatic nitrogens is 1. The molecule has 0 saturated carbocycles. The highest BCUT2D eigenvalue weighted by molar-refractivity contribution is 7.92. The molecule has 0 aromatic carbocycles. The van der Waals surface area contributed by atoms with Crippen molar-refractivity contribution in [3.05, 3.63) is 23.1 Å². The molecule has 0 N–H and O–H groups in total. The van der Waals surface area contributed by atoms with Crippen LogP contribution in [0.5, 0.6) is 0 Å². The van der Waals surface area contributed by atoms with Crippen molar-refractivity contribution in [1.29, 1.82) is 0 Å². The summed E-state index contributed by atoms with van der Waals surface area (Å²) in [4.78, 5) is 3.51. The Bertz CT molecular complexity index is 478. The van der Waals surface area contributed by atoms with Crippen molar-refractivity contribution in [3.8, 4) is 0 Å². The van der Waals surface area contributed by atoms with Crippen molar-refractivity contribution >= 4 is 33.0 Å². The number of hydrogen-bond donors (Lipinski definition) is 0. The van der Waals surface area contributed by atoms with Crippen molar-refractivity contribution in [2.45, 2.75) is 23.6 Å². The Morgan fingerprint density at radius 1 is 1.56 bits per heavy atom. The van der Waals surface area contributed by atoms with Crippen LogP contribution in [0.1, 0.15) is 13.3 Å². The SMILES string of the molecule is CC(CCCl)S(=O)(=O)c1ncc(Cl)cc1F. The van der Waals surface area contributed by atoms with Crippen molar-refractivity contribution in [1.82, 2.24) is 4.98 Å². The molecule has 0 aliphatic rings. The van der Waals surface area contributed by atoms with Gasteiger partial charge in [0.15, 0.2) is 10.8 Å². The normalized spacial score (nSPS) is 13.8. The highest BCUT2D eigenvalue weighted by atomic mass is 35.5. The van der Waals surface area contributed by atoms with Crippen LogP contribution in [0.15, 0.2) is 17.3 Å². The standard InChI is InChI=1S/C9H10Cl2FNO2S/c1-6(2-3-10)16(14,15)9-8(12)4-7(11)5-13-9/h4-6H,2-3H2,1H3. The van der Waals surface area contributed by atoms with E-state index in [1.807, 2.05) is 0 Å². The molecular weight excluding hydrogens is 276 g/mol. The summed E-state index contributed by atoms with van der Waals surface area (Å²) >= 11 is 10.9. The Kier molecular flexibility index (Phi) is 4.52. The van der Waals surface area contributed by atoms with E-state index in [9.17, 15) is 12.8 Å². The molecule has 1 unspecified atom stereocenters. The first kappa shape index (κ1) is 13.7. The number of rotatable bonds is 4. The van der Waals surface area contributed by atoms with E-state index in [2.05, 4.69) is 4.98 Å². The lowest BCUT2D eigenvalue weighted by molar-refractivity contribution is 0.545. The second-order valence-electron chi connectivity index (χ2n) is 3.27. The summed E-state index contributed by atoms with van der Waals surface area (Å²) in [6, 6.07) is 0.925. The summed E-state index contributed by atoms with van der Waals surface area (Å²) < 4.78 is 37.1. The summed E-state index contributed by atoms with van der Waals surface area (Å²) in [5.41, 5.74) is 0. The van der Waals surface area contributed by atoms with Crippen LogP contribution in [0, 0.1) is 5.82 Å². The van der Waals surface area contributed by atoms with Crippen LogP contribution in [-0.4, -0.2) is 24.5 Å². The van der Waals surface area contributed by atoms with Crippen LogP contribution in [0.2, 0.25) is 5.02 Å². The Morgan fingerprint density at radius 2 is 2.19 bits per heavy atom. The molecule has 0 saturated heterocycles. The third-order valence-electron chi connectivity index (χ3n) is 2.09. The van der Waals surface area contributed by atoms with Crippen LogP contribution in [0.3, 0.4) is 0 Å². The van der Waals surface area contributed by atoms with Gasteiger partial charge in [0.25, 0.3) is 0 Å². The maximum absolute atomic E-state index is 13.4. The molecule has 0 aliphatic heterocycles. The van der Waals surface area contributed by atoms with E-state index >= 15 is 0 Å². The van der Waals surface area contributed by atoms with Crippen LogP contribution in [-0.2, 0) is 9.84 Å². The van der Waals surface area contributed by atoms with E-state index in [4.69, 9.17) is 23.2 Å². The quantitative estimate of drug-likeness (QED) is 0.799. The first-order valence-corrected chi connectivity index (χ1v) is 6.96. The van der Waals surface area contributed by atoms with Gasteiger partial charge in [-0.3, -0.25) is 0 Å². The van der Waals surface area contributed by atoms with Gasteiger partial charge in [-0.1, -0.05) is 11.6 Å². The highest BCUT2D eigenvalue weighted by Gasteiger charge is 2.27. The van der Waals surface area contributed by atoms with E-state index in [1.54, 1.807) is 0 Å². The molecule has 0 bridgehead atoms. The molecule has 1 aromatic rings. The van der Waals surface area contributed by atoms with Gasteiger partial charge in [-0.25, -0.2) is 17.8 Å². The molecule has 1 aromatic heterocycles. The number of sulfone groups is 1. The Balaban J connectivity index is 3.17. The summed E-state index contributed by atoms with van der Waals surface area (Å²) in [5.74, 6) is -0.746. The first-order chi connectivity index (χ1) is 7.39. The Labute approximate surface area is 104 Å². The molecule has 90 valence electrons. The Hall–Kier alpha value is -0.390. The fourth-order valence-electron chi connectivity index (χ4n) is 1.11. The maximum atomic E-state index is 13.4. The maximum Gasteiger partial charge on any atom is 0.201 e. The number of alkyl halides is 1. The van der Waals surface area contributed by atoms with Gasteiger partial charge < -0.3 is 0 Å². The number of pyridine rings is 1. The molecule has 1 atom stereocenters. The lowest BCUT2D eigenvalue weighted by Crippen LogP contribution is -2.20. The summed E-state index contributed by atoms with van der Waals surface area (Å²) in [7, 11) is -3.78. The minimum atomic E-state index is -3.78. The molecule has 16 heavy (non-hydrogen) atoms. The van der Waals surface area contributed by atoms with Gasteiger partial charge in [0.05, 0.1) is 10.3 Å². The van der Waals surface area contributed by atoms with E-state index in [0.717, 1.165) is 12.3 Å². The third-order valence-corrected chi connectivity index (χ3v) is 4.65. The lowest BCUT2D eigenvalue weighted by atomic mass is 10.4. The summed E-state index contributed by atoms with van der Waals surface area (Å²) in [6.45, 7) is 1.47. The first-order valence-electron chi connectivity index (χ1n) is 4.50. The van der Waals surface area contributed by atoms with Crippen LogP contribution in [0.25, 0.3) is 0 Å². The molecule has 0 spiro atoms. The van der Waals surface area contributed by atoms with Crippen LogP contribution < -0.4 is 0 Å². The van der Waals surface area contributed by atoms with Gasteiger partial charge in [0, 0.05) is 12.1 Å². The largest absolute Gasteiger partial charge is 0.240 e. The van der Waals surface area contributed by atoms with Crippen molar-refractivity contribution in [3.63, 3.8) is 0 Å². The van der Waals surface area contributed by atoms with Gasteiger partial charge in [-0.05, 0) is 19.4 Å². The van der Waals surface area contributed by atoms with Crippen molar-refractivity contribution in [2.75, 3.05) is 5.88 Å². The average Bonchev–Trinajstić information content (AvgIpc) is 2.17. The number of hydrogen-bond acceptors (Lipinski definition) is 3. The van der Waals surface area contributed by atoms with Crippen LogP contribution in [0.4, 0.5) is 4.39 Å². The lowest BCUT2D eigenvalue weighted by Gasteiger charge is -2.11. The van der Waals surface area contributed by atoms with Crippen LogP contribution >= 0.6 is 23.2 Å². The fraction of sp³-hybridized carbons (Fsp3) is 0.444. The van der Waals surface area contributed by atoms with Gasteiger partial charge in [-0.15, -0.1) is 11.6 Å². The second kappa shape index (κ2) is 5.29. The molecule has 0 fully saturated rings. The van der Waals surface area contributed by atoms with Gasteiger partial charge in [0.1, 0.15) is 0 Å². The number of halogens is 3. The molecule has 0 aliphatic carbocycles. The molecule has 3 nitrogen and oxygen atoms in total. The predicted octanol–water partition coefficient (Wildman–Crippen LogP) is 2.67. The van der Waals surface area contributed by atoms with Gasteiger partial charge in [0.2, 0.25) is 9.84 Å². The molecule has 1 rings (SSSR count). The average molecular weight is 286 g/mol. The highest BCUT2D eigenvalue weighted by Crippen LogP contribution is 2.21. The van der Waals surface area contributed by atoms with Gasteiger partial charge >= 0.3 is 0 Å².